The van der Waals surface area contributed by atoms with Crippen LogP contribution in [0.2, 0.25) is 0 Å². The van der Waals surface area contributed by atoms with Crippen molar-refractivity contribution in [3.05, 3.63) is 62.8 Å². The molecule has 0 radical (unpaired) electrons. The van der Waals surface area contributed by atoms with Gasteiger partial charge in [0.1, 0.15) is 5.82 Å². The molecular weight excluding hydrogens is 307 g/mol. The molecule has 114 valence electrons. The number of benzene rings is 1. The SMILES string of the molecule is O=C(c1ccc([N+](=O)[O-])s1)N(Cc1cccc(F)c1)C1CC1. The molecule has 1 aliphatic rings. The van der Waals surface area contributed by atoms with Crippen LogP contribution in [0.25, 0.3) is 0 Å². The lowest BCUT2D eigenvalue weighted by atomic mass is 10.2. The highest BCUT2D eigenvalue weighted by atomic mass is 32.1. The number of carbonyl (C=O) groups is 1. The Kier molecular flexibility index (Phi) is 3.89. The molecule has 1 amide bonds. The van der Waals surface area contributed by atoms with Gasteiger partial charge in [-0.25, -0.2) is 4.39 Å². The van der Waals surface area contributed by atoms with Crippen LogP contribution in [0.1, 0.15) is 28.1 Å². The van der Waals surface area contributed by atoms with E-state index >= 15 is 0 Å². The van der Waals surface area contributed by atoms with Crippen LogP contribution >= 0.6 is 11.3 Å². The summed E-state index contributed by atoms with van der Waals surface area (Å²) in [7, 11) is 0. The quantitative estimate of drug-likeness (QED) is 0.624. The van der Waals surface area contributed by atoms with E-state index in [1.165, 1.54) is 24.3 Å². The van der Waals surface area contributed by atoms with Crippen LogP contribution in [0.3, 0.4) is 0 Å². The van der Waals surface area contributed by atoms with Crippen molar-refractivity contribution in [2.75, 3.05) is 0 Å². The van der Waals surface area contributed by atoms with Crippen molar-refractivity contribution in [1.82, 2.24) is 4.90 Å². The Morgan fingerprint density at radius 2 is 2.14 bits per heavy atom. The van der Waals surface area contributed by atoms with E-state index in [1.54, 1.807) is 17.0 Å². The zero-order valence-electron chi connectivity index (χ0n) is 11.6. The summed E-state index contributed by atoms with van der Waals surface area (Å²) in [5.74, 6) is -0.572. The van der Waals surface area contributed by atoms with E-state index in [1.807, 2.05) is 0 Å². The summed E-state index contributed by atoms with van der Waals surface area (Å²) in [5, 5.41) is 10.7. The fourth-order valence-electron chi connectivity index (χ4n) is 2.27. The number of amides is 1. The van der Waals surface area contributed by atoms with Crippen molar-refractivity contribution in [3.8, 4) is 0 Å². The summed E-state index contributed by atoms with van der Waals surface area (Å²) >= 11 is 0.872. The van der Waals surface area contributed by atoms with E-state index in [4.69, 9.17) is 0 Å². The van der Waals surface area contributed by atoms with E-state index in [0.717, 1.165) is 24.2 Å². The second-order valence-electron chi connectivity index (χ2n) is 5.19. The van der Waals surface area contributed by atoms with Crippen molar-refractivity contribution in [1.29, 1.82) is 0 Å². The van der Waals surface area contributed by atoms with Crippen molar-refractivity contribution in [2.24, 2.45) is 0 Å². The van der Waals surface area contributed by atoms with Gasteiger partial charge in [0.15, 0.2) is 0 Å². The molecule has 1 aromatic carbocycles. The summed E-state index contributed by atoms with van der Waals surface area (Å²) in [6, 6.07) is 9.09. The molecule has 3 rings (SSSR count). The Morgan fingerprint density at radius 3 is 2.73 bits per heavy atom. The van der Waals surface area contributed by atoms with Crippen LogP contribution in [0.5, 0.6) is 0 Å². The minimum atomic E-state index is -0.504. The third kappa shape index (κ3) is 3.14. The maximum atomic E-state index is 13.3. The molecule has 22 heavy (non-hydrogen) atoms. The van der Waals surface area contributed by atoms with Crippen molar-refractivity contribution in [2.45, 2.75) is 25.4 Å². The van der Waals surface area contributed by atoms with E-state index in [0.29, 0.717) is 17.0 Å². The molecule has 1 saturated carbocycles. The average molecular weight is 320 g/mol. The lowest BCUT2D eigenvalue weighted by Crippen LogP contribution is -2.32. The molecule has 0 unspecified atom stereocenters. The Balaban J connectivity index is 1.81. The number of hydrogen-bond acceptors (Lipinski definition) is 4. The Morgan fingerprint density at radius 1 is 1.36 bits per heavy atom. The fraction of sp³-hybridized carbons (Fsp3) is 0.267. The monoisotopic (exact) mass is 320 g/mol. The fourth-order valence-corrected chi connectivity index (χ4v) is 3.04. The van der Waals surface area contributed by atoms with E-state index in [-0.39, 0.29) is 22.8 Å². The van der Waals surface area contributed by atoms with Gasteiger partial charge in [0, 0.05) is 18.7 Å². The van der Waals surface area contributed by atoms with Crippen LogP contribution in [0.4, 0.5) is 9.39 Å². The first-order chi connectivity index (χ1) is 10.5. The first kappa shape index (κ1) is 14.6. The maximum Gasteiger partial charge on any atom is 0.324 e. The highest BCUT2D eigenvalue weighted by molar-refractivity contribution is 7.17. The third-order valence-electron chi connectivity index (χ3n) is 3.47. The van der Waals surface area contributed by atoms with E-state index in [2.05, 4.69) is 0 Å². The van der Waals surface area contributed by atoms with Gasteiger partial charge in [0.2, 0.25) is 0 Å². The van der Waals surface area contributed by atoms with Gasteiger partial charge in [-0.1, -0.05) is 23.5 Å². The third-order valence-corrected chi connectivity index (χ3v) is 4.50. The maximum absolute atomic E-state index is 13.3. The van der Waals surface area contributed by atoms with Crippen molar-refractivity contribution < 1.29 is 14.1 Å². The number of rotatable bonds is 5. The van der Waals surface area contributed by atoms with Gasteiger partial charge in [-0.05, 0) is 36.6 Å². The Hall–Kier alpha value is -2.28. The van der Waals surface area contributed by atoms with E-state index in [9.17, 15) is 19.3 Å². The highest BCUT2D eigenvalue weighted by Crippen LogP contribution is 2.32. The van der Waals surface area contributed by atoms with Crippen molar-refractivity contribution in [3.63, 3.8) is 0 Å². The minimum Gasteiger partial charge on any atom is -0.331 e. The van der Waals surface area contributed by atoms with Gasteiger partial charge in [0.05, 0.1) is 9.80 Å². The largest absolute Gasteiger partial charge is 0.331 e. The average Bonchev–Trinajstić information content (AvgIpc) is 3.19. The number of thiophene rings is 1. The molecule has 1 aliphatic carbocycles. The summed E-state index contributed by atoms with van der Waals surface area (Å²) in [5.41, 5.74) is 0.714. The smallest absolute Gasteiger partial charge is 0.324 e. The molecule has 0 spiro atoms. The molecule has 0 aliphatic heterocycles. The zero-order valence-corrected chi connectivity index (χ0v) is 12.4. The van der Waals surface area contributed by atoms with Gasteiger partial charge >= 0.3 is 5.00 Å². The van der Waals surface area contributed by atoms with Crippen LogP contribution in [0, 0.1) is 15.9 Å². The Bertz CT molecular complexity index is 727. The summed E-state index contributed by atoms with van der Waals surface area (Å²) in [6.45, 7) is 0.312. The molecule has 2 aromatic rings. The summed E-state index contributed by atoms with van der Waals surface area (Å²) in [4.78, 5) is 24.8. The summed E-state index contributed by atoms with van der Waals surface area (Å²) < 4.78 is 13.3. The molecule has 1 fully saturated rings. The van der Waals surface area contributed by atoms with Crippen LogP contribution in [-0.2, 0) is 6.54 Å². The standard InChI is InChI=1S/C15H13FN2O3S/c16-11-3-1-2-10(8-11)9-17(12-4-5-12)15(19)13-6-7-14(22-13)18(20)21/h1-3,6-8,12H,4-5,9H2. The first-order valence-electron chi connectivity index (χ1n) is 6.84. The number of nitrogens with zero attached hydrogens (tertiary/aromatic N) is 2. The topological polar surface area (TPSA) is 63.4 Å². The van der Waals surface area contributed by atoms with Crippen LogP contribution < -0.4 is 0 Å². The van der Waals surface area contributed by atoms with Gasteiger partial charge in [-0.15, -0.1) is 0 Å². The molecular formula is C15H13FN2O3S. The van der Waals surface area contributed by atoms with Gasteiger partial charge in [-0.2, -0.15) is 0 Å². The first-order valence-corrected chi connectivity index (χ1v) is 7.66. The molecule has 0 bridgehead atoms. The molecule has 5 nitrogen and oxygen atoms in total. The van der Waals surface area contributed by atoms with Crippen LogP contribution in [0.15, 0.2) is 36.4 Å². The zero-order chi connectivity index (χ0) is 15.7. The normalized spacial score (nSPS) is 13.9. The van der Waals surface area contributed by atoms with E-state index < -0.39 is 4.92 Å². The molecule has 0 N–H and O–H groups in total. The lowest BCUT2D eigenvalue weighted by Gasteiger charge is -2.21. The van der Waals surface area contributed by atoms with Gasteiger partial charge in [-0.3, -0.25) is 14.9 Å². The van der Waals surface area contributed by atoms with Gasteiger partial charge in [0.25, 0.3) is 5.91 Å². The highest BCUT2D eigenvalue weighted by Gasteiger charge is 2.34. The lowest BCUT2D eigenvalue weighted by molar-refractivity contribution is -0.380. The second-order valence-corrected chi connectivity index (χ2v) is 6.25. The second kappa shape index (κ2) is 5.84. The molecule has 0 saturated heterocycles. The number of carbonyl (C=O) groups excluding carboxylic acids is 1. The number of hydrogen-bond donors (Lipinski definition) is 0. The number of nitro groups is 1. The van der Waals surface area contributed by atoms with Gasteiger partial charge < -0.3 is 4.90 Å². The molecule has 7 heteroatoms. The molecule has 0 atom stereocenters. The van der Waals surface area contributed by atoms with Crippen molar-refractivity contribution >= 4 is 22.2 Å². The Labute approximate surface area is 130 Å². The predicted octanol–water partition coefficient (Wildman–Crippen LogP) is 3.60. The minimum absolute atomic E-state index is 0.0511. The van der Waals surface area contributed by atoms with Crippen LogP contribution in [-0.4, -0.2) is 21.8 Å². The predicted molar refractivity (Wildman–Crippen MR) is 80.3 cm³/mol. The molecule has 1 aromatic heterocycles. The summed E-state index contributed by atoms with van der Waals surface area (Å²) in [6.07, 6.45) is 1.82. The number of halogens is 1. The molecule has 1 heterocycles.